The number of fused-ring (bicyclic) bond motifs is 5. The smallest absolute Gasteiger partial charge is 0.137 e. The van der Waals surface area contributed by atoms with Crippen LogP contribution in [0.4, 0.5) is 0 Å². The summed E-state index contributed by atoms with van der Waals surface area (Å²) in [5.41, 5.74) is -0.171. The van der Waals surface area contributed by atoms with E-state index in [1.807, 2.05) is 0 Å². The van der Waals surface area contributed by atoms with Crippen LogP contribution in [-0.2, 0) is 14.4 Å². The molecular formula is C22H32O3. The Labute approximate surface area is 151 Å². The lowest BCUT2D eigenvalue weighted by Crippen LogP contribution is -2.62. The Morgan fingerprint density at radius 2 is 1.68 bits per heavy atom. The molecule has 0 N–H and O–H groups in total. The van der Waals surface area contributed by atoms with Gasteiger partial charge < -0.3 is 0 Å². The Kier molecular flexibility index (Phi) is 3.67. The van der Waals surface area contributed by atoms with E-state index in [4.69, 9.17) is 0 Å². The highest BCUT2D eigenvalue weighted by molar-refractivity contribution is 5.88. The summed E-state index contributed by atoms with van der Waals surface area (Å²) in [6.45, 7) is 8.57. The van der Waals surface area contributed by atoms with Crippen LogP contribution in [0.5, 0.6) is 0 Å². The van der Waals surface area contributed by atoms with Gasteiger partial charge in [-0.2, -0.15) is 0 Å². The van der Waals surface area contributed by atoms with E-state index in [1.165, 1.54) is 0 Å². The SMILES string of the molecule is CC(=O)[C@@H]1CC[C@@H]2[C@]3(C)CC[C@H]4CC(=O)CC[C@]4(C)[C@@H]3C(=O)C[C@@]21C. The van der Waals surface area contributed by atoms with Crippen molar-refractivity contribution >= 4 is 17.3 Å². The highest BCUT2D eigenvalue weighted by atomic mass is 16.1. The van der Waals surface area contributed by atoms with Gasteiger partial charge in [-0.25, -0.2) is 0 Å². The number of carbonyl (C=O) groups excluding carboxylic acids is 3. The molecule has 0 aromatic heterocycles. The Morgan fingerprint density at radius 1 is 0.960 bits per heavy atom. The van der Waals surface area contributed by atoms with Gasteiger partial charge in [-0.05, 0) is 67.1 Å². The molecule has 4 aliphatic carbocycles. The van der Waals surface area contributed by atoms with Crippen molar-refractivity contribution in [3.63, 3.8) is 0 Å². The van der Waals surface area contributed by atoms with Crippen LogP contribution in [0.1, 0.15) is 79.1 Å². The number of rotatable bonds is 1. The fourth-order valence-electron chi connectivity index (χ4n) is 8.24. The predicted molar refractivity (Wildman–Crippen MR) is 95.9 cm³/mol. The zero-order valence-corrected chi connectivity index (χ0v) is 16.2. The van der Waals surface area contributed by atoms with Crippen molar-refractivity contribution in [1.29, 1.82) is 0 Å². The van der Waals surface area contributed by atoms with Gasteiger partial charge in [0.25, 0.3) is 0 Å². The molecule has 0 spiro atoms. The van der Waals surface area contributed by atoms with Gasteiger partial charge in [-0.1, -0.05) is 20.8 Å². The van der Waals surface area contributed by atoms with Crippen molar-refractivity contribution in [3.8, 4) is 0 Å². The van der Waals surface area contributed by atoms with E-state index in [1.54, 1.807) is 6.92 Å². The van der Waals surface area contributed by atoms with Gasteiger partial charge >= 0.3 is 0 Å². The zero-order valence-electron chi connectivity index (χ0n) is 16.2. The number of ketones is 3. The maximum absolute atomic E-state index is 13.5. The first-order valence-corrected chi connectivity index (χ1v) is 10.2. The molecule has 4 rings (SSSR count). The first-order valence-electron chi connectivity index (χ1n) is 10.2. The molecule has 0 heterocycles. The molecule has 4 fully saturated rings. The van der Waals surface area contributed by atoms with Crippen LogP contribution in [0.15, 0.2) is 0 Å². The molecule has 0 amide bonds. The third-order valence-corrected chi connectivity index (χ3v) is 9.20. The molecule has 25 heavy (non-hydrogen) atoms. The highest BCUT2D eigenvalue weighted by Gasteiger charge is 2.68. The molecule has 0 aromatic rings. The van der Waals surface area contributed by atoms with E-state index < -0.39 is 0 Å². The summed E-state index contributed by atoms with van der Waals surface area (Å²) in [7, 11) is 0. The molecule has 0 saturated heterocycles. The first kappa shape index (κ1) is 17.4. The summed E-state index contributed by atoms with van der Waals surface area (Å²) in [5.74, 6) is 2.01. The van der Waals surface area contributed by atoms with Crippen molar-refractivity contribution in [1.82, 2.24) is 0 Å². The van der Waals surface area contributed by atoms with Gasteiger partial charge in [0.15, 0.2) is 0 Å². The number of hydrogen-bond donors (Lipinski definition) is 0. The maximum Gasteiger partial charge on any atom is 0.137 e. The summed E-state index contributed by atoms with van der Waals surface area (Å²) in [5, 5.41) is 0. The number of Topliss-reactive ketones (excluding diaryl/α,β-unsaturated/α-hetero) is 3. The second-order valence-electron chi connectivity index (χ2n) is 10.4. The van der Waals surface area contributed by atoms with Crippen molar-refractivity contribution in [2.24, 2.45) is 39.9 Å². The van der Waals surface area contributed by atoms with Crippen molar-refractivity contribution in [3.05, 3.63) is 0 Å². The fourth-order valence-corrected chi connectivity index (χ4v) is 8.24. The van der Waals surface area contributed by atoms with E-state index >= 15 is 0 Å². The maximum atomic E-state index is 13.5. The molecule has 0 aromatic carbocycles. The highest BCUT2D eigenvalue weighted by Crippen LogP contribution is 2.71. The minimum absolute atomic E-state index is 0.0000784. The van der Waals surface area contributed by atoms with E-state index in [0.717, 1.165) is 32.1 Å². The average molecular weight is 344 g/mol. The van der Waals surface area contributed by atoms with Gasteiger partial charge in [0.2, 0.25) is 0 Å². The van der Waals surface area contributed by atoms with E-state index in [-0.39, 0.29) is 33.9 Å². The van der Waals surface area contributed by atoms with Gasteiger partial charge in [0.05, 0.1) is 0 Å². The quantitative estimate of drug-likeness (QED) is 0.709. The molecular weight excluding hydrogens is 312 g/mol. The van der Waals surface area contributed by atoms with Crippen LogP contribution in [0.2, 0.25) is 0 Å². The van der Waals surface area contributed by atoms with Gasteiger partial charge in [0, 0.05) is 31.1 Å². The van der Waals surface area contributed by atoms with E-state index in [0.29, 0.717) is 42.7 Å². The van der Waals surface area contributed by atoms with Crippen LogP contribution < -0.4 is 0 Å². The van der Waals surface area contributed by atoms with Crippen LogP contribution in [-0.4, -0.2) is 17.3 Å². The largest absolute Gasteiger partial charge is 0.300 e. The van der Waals surface area contributed by atoms with Crippen LogP contribution >= 0.6 is 0 Å². The standard InChI is InChI=1S/C22H32O3/c1-13(23)16-5-6-18-21(3)9-7-14-11-15(24)8-10-20(14,2)19(21)17(25)12-22(16,18)4/h14,16,18-19H,5-12H2,1-4H3/t14-,16-,18+,19-,20-,21-,22+/m0/s1. The molecule has 4 saturated carbocycles. The van der Waals surface area contributed by atoms with Crippen molar-refractivity contribution < 1.29 is 14.4 Å². The Hall–Kier alpha value is -0.990. The third kappa shape index (κ3) is 2.13. The normalized spacial score (nSPS) is 52.3. The third-order valence-electron chi connectivity index (χ3n) is 9.20. The van der Waals surface area contributed by atoms with E-state index in [9.17, 15) is 14.4 Å². The number of hydrogen-bond acceptors (Lipinski definition) is 3. The first-order chi connectivity index (χ1) is 11.6. The molecule has 3 nitrogen and oxygen atoms in total. The van der Waals surface area contributed by atoms with Crippen LogP contribution in [0.3, 0.4) is 0 Å². The Morgan fingerprint density at radius 3 is 2.36 bits per heavy atom. The Bertz CT molecular complexity index is 652. The lowest BCUT2D eigenvalue weighted by atomic mass is 9.39. The molecule has 138 valence electrons. The van der Waals surface area contributed by atoms with E-state index in [2.05, 4.69) is 20.8 Å². The summed E-state index contributed by atoms with van der Waals surface area (Å²) in [4.78, 5) is 37.8. The Balaban J connectivity index is 1.76. The summed E-state index contributed by atoms with van der Waals surface area (Å²) >= 11 is 0. The minimum Gasteiger partial charge on any atom is -0.300 e. The summed E-state index contributed by atoms with van der Waals surface area (Å²) in [6.07, 6.45) is 6.91. The molecule has 4 aliphatic rings. The molecule has 0 unspecified atom stereocenters. The second kappa shape index (κ2) is 5.27. The molecule has 0 bridgehead atoms. The van der Waals surface area contributed by atoms with Crippen LogP contribution in [0.25, 0.3) is 0 Å². The summed E-state index contributed by atoms with van der Waals surface area (Å²) < 4.78 is 0. The molecule has 7 atom stereocenters. The minimum atomic E-state index is -0.151. The topological polar surface area (TPSA) is 51.2 Å². The van der Waals surface area contributed by atoms with Crippen LogP contribution in [0, 0.1) is 39.9 Å². The summed E-state index contributed by atoms with van der Waals surface area (Å²) in [6, 6.07) is 0. The molecule has 3 heteroatoms. The van der Waals surface area contributed by atoms with Crippen molar-refractivity contribution in [2.45, 2.75) is 79.1 Å². The predicted octanol–water partition coefficient (Wildman–Crippen LogP) is 4.37. The van der Waals surface area contributed by atoms with Gasteiger partial charge in [-0.15, -0.1) is 0 Å². The lowest BCUT2D eigenvalue weighted by Gasteiger charge is -2.64. The van der Waals surface area contributed by atoms with Gasteiger partial charge in [-0.3, -0.25) is 14.4 Å². The van der Waals surface area contributed by atoms with Crippen molar-refractivity contribution in [2.75, 3.05) is 0 Å². The van der Waals surface area contributed by atoms with Gasteiger partial charge in [0.1, 0.15) is 17.3 Å². The molecule has 0 radical (unpaired) electrons. The average Bonchev–Trinajstić information content (AvgIpc) is 2.85. The lowest BCUT2D eigenvalue weighted by molar-refractivity contribution is -0.180. The fraction of sp³-hybridized carbons (Fsp3) is 0.864. The molecule has 0 aliphatic heterocycles. The second-order valence-corrected chi connectivity index (χ2v) is 10.4. The monoisotopic (exact) mass is 344 g/mol. The number of carbonyl (C=O) groups is 3. The zero-order chi connectivity index (χ0) is 18.2.